The molecule has 3 N–H and O–H groups in total. The van der Waals surface area contributed by atoms with Gasteiger partial charge in [0, 0.05) is 25.4 Å². The number of carbonyl (C=O) groups is 2. The lowest BCUT2D eigenvalue weighted by Crippen LogP contribution is -2.39. The molecule has 40 heavy (non-hydrogen) atoms. The Bertz CT molecular complexity index is 1070. The topological polar surface area (TPSA) is 115 Å². The second-order valence-corrected chi connectivity index (χ2v) is 11.3. The predicted octanol–water partition coefficient (Wildman–Crippen LogP) is 5.02. The van der Waals surface area contributed by atoms with Gasteiger partial charge in [0.2, 0.25) is 5.91 Å². The molecule has 1 aromatic heterocycles. The average Bonchev–Trinajstić information content (AvgIpc) is 3.37. The molecule has 9 nitrogen and oxygen atoms in total. The lowest BCUT2D eigenvalue weighted by molar-refractivity contribution is -0.125. The van der Waals surface area contributed by atoms with Crippen molar-refractivity contribution in [2.24, 2.45) is 11.8 Å². The van der Waals surface area contributed by atoms with Gasteiger partial charge in [0.1, 0.15) is 23.4 Å². The minimum atomic E-state index is -1.07. The summed E-state index contributed by atoms with van der Waals surface area (Å²) in [6.07, 6.45) is 7.50. The van der Waals surface area contributed by atoms with Crippen molar-refractivity contribution in [2.45, 2.75) is 97.4 Å². The lowest BCUT2D eigenvalue weighted by atomic mass is 9.85. The van der Waals surface area contributed by atoms with Crippen LogP contribution in [0.4, 0.5) is 0 Å². The van der Waals surface area contributed by atoms with Crippen LogP contribution in [-0.2, 0) is 16.1 Å². The molecule has 1 saturated carbocycles. The molecule has 0 radical (unpaired) electrons. The third kappa shape index (κ3) is 9.06. The summed E-state index contributed by atoms with van der Waals surface area (Å²) in [5.74, 6) is 2.07. The molecule has 0 bridgehead atoms. The number of carbonyl (C=O) groups excluding carboxylic acids is 2. The minimum Gasteiger partial charge on any atom is -0.496 e. The Morgan fingerprint density at radius 3 is 2.40 bits per heavy atom. The fraction of sp³-hybridized carbons (Fsp3) is 0.645. The van der Waals surface area contributed by atoms with Crippen LogP contribution < -0.4 is 20.1 Å². The molecule has 222 valence electrons. The smallest absolute Gasteiger partial charge is 0.221 e. The number of aliphatic hydroxyl groups is 1. The molecule has 1 fully saturated rings. The number of hydrogen-bond donors (Lipinski definition) is 3. The molecule has 0 aliphatic heterocycles. The van der Waals surface area contributed by atoms with E-state index in [-0.39, 0.29) is 30.7 Å². The molecule has 1 aliphatic rings. The van der Waals surface area contributed by atoms with Gasteiger partial charge in [0.25, 0.3) is 0 Å². The Morgan fingerprint density at radius 1 is 1.12 bits per heavy atom. The van der Waals surface area contributed by atoms with Crippen LogP contribution in [0.3, 0.4) is 0 Å². The second-order valence-electron chi connectivity index (χ2n) is 11.3. The number of benzene rings is 1. The summed E-state index contributed by atoms with van der Waals surface area (Å²) >= 11 is 0. The first-order chi connectivity index (χ1) is 19.2. The van der Waals surface area contributed by atoms with Crippen molar-refractivity contribution in [3.8, 4) is 22.8 Å². The molecular weight excluding hydrogens is 508 g/mol. The highest BCUT2D eigenvalue weighted by atomic mass is 16.5. The average molecular weight is 557 g/mol. The molecule has 3 rings (SSSR count). The molecule has 9 heteroatoms. The van der Waals surface area contributed by atoms with E-state index in [1.165, 1.54) is 32.1 Å². The van der Waals surface area contributed by atoms with Gasteiger partial charge in [0.05, 0.1) is 32.0 Å². The van der Waals surface area contributed by atoms with Gasteiger partial charge in [-0.15, -0.1) is 0 Å². The van der Waals surface area contributed by atoms with Crippen molar-refractivity contribution >= 4 is 11.7 Å². The van der Waals surface area contributed by atoms with E-state index < -0.39 is 6.23 Å². The van der Waals surface area contributed by atoms with Gasteiger partial charge < -0.3 is 19.9 Å². The van der Waals surface area contributed by atoms with E-state index in [1.807, 2.05) is 28.9 Å². The Morgan fingerprint density at radius 2 is 1.80 bits per heavy atom. The van der Waals surface area contributed by atoms with Crippen LogP contribution in [0.2, 0.25) is 0 Å². The van der Waals surface area contributed by atoms with Crippen molar-refractivity contribution in [3.05, 3.63) is 30.0 Å². The highest BCUT2D eigenvalue weighted by molar-refractivity contribution is 5.86. The Labute approximate surface area is 239 Å². The minimum absolute atomic E-state index is 0.00455. The molecule has 1 aromatic carbocycles. The van der Waals surface area contributed by atoms with Crippen molar-refractivity contribution in [2.75, 3.05) is 20.8 Å². The Balaban J connectivity index is 1.83. The third-order valence-corrected chi connectivity index (χ3v) is 7.65. The predicted molar refractivity (Wildman–Crippen MR) is 156 cm³/mol. The zero-order chi connectivity index (χ0) is 29.1. The van der Waals surface area contributed by atoms with Gasteiger partial charge in [-0.25, -0.2) is 0 Å². The highest BCUT2D eigenvalue weighted by Gasteiger charge is 2.25. The van der Waals surface area contributed by atoms with Crippen molar-refractivity contribution in [1.29, 1.82) is 0 Å². The number of aromatic nitrogens is 2. The molecule has 0 spiro atoms. The highest BCUT2D eigenvalue weighted by Crippen LogP contribution is 2.39. The van der Waals surface area contributed by atoms with Crippen LogP contribution in [0, 0.1) is 11.8 Å². The van der Waals surface area contributed by atoms with E-state index in [4.69, 9.17) is 14.6 Å². The SMILES string of the molecule is CCC(=O)CNC(=O)C[C@H](CCC1CCCCC1)NC(O)c1cc(-c2c(OC)cccc2OC)n(CC(C)C)n1. The number of ketones is 1. The van der Waals surface area contributed by atoms with Gasteiger partial charge in [0.15, 0.2) is 5.78 Å². The third-order valence-electron chi connectivity index (χ3n) is 7.65. The summed E-state index contributed by atoms with van der Waals surface area (Å²) in [6, 6.07) is 7.23. The molecular formula is C31H48N4O5. The number of rotatable bonds is 16. The monoisotopic (exact) mass is 556 g/mol. The van der Waals surface area contributed by atoms with Gasteiger partial charge >= 0.3 is 0 Å². The Hall–Kier alpha value is -2.91. The normalized spacial score (nSPS) is 15.6. The van der Waals surface area contributed by atoms with E-state index >= 15 is 0 Å². The summed E-state index contributed by atoms with van der Waals surface area (Å²) in [4.78, 5) is 24.4. The summed E-state index contributed by atoms with van der Waals surface area (Å²) < 4.78 is 13.2. The summed E-state index contributed by atoms with van der Waals surface area (Å²) in [5, 5.41) is 22.1. The zero-order valence-corrected chi connectivity index (χ0v) is 24.9. The van der Waals surface area contributed by atoms with E-state index in [0.29, 0.717) is 42.0 Å². The van der Waals surface area contributed by atoms with E-state index in [1.54, 1.807) is 21.1 Å². The van der Waals surface area contributed by atoms with Crippen molar-refractivity contribution in [1.82, 2.24) is 20.4 Å². The van der Waals surface area contributed by atoms with E-state index in [2.05, 4.69) is 24.5 Å². The molecule has 1 heterocycles. The first-order valence-electron chi connectivity index (χ1n) is 14.8. The van der Waals surface area contributed by atoms with Crippen LogP contribution >= 0.6 is 0 Å². The first kappa shape index (κ1) is 31.6. The van der Waals surface area contributed by atoms with Gasteiger partial charge in [-0.2, -0.15) is 5.10 Å². The van der Waals surface area contributed by atoms with Crippen LogP contribution in [0.1, 0.15) is 90.5 Å². The van der Waals surface area contributed by atoms with E-state index in [9.17, 15) is 14.7 Å². The summed E-state index contributed by atoms with van der Waals surface area (Å²) in [6.45, 7) is 6.69. The number of ether oxygens (including phenoxy) is 2. The molecule has 1 amide bonds. The molecule has 0 saturated heterocycles. The lowest BCUT2D eigenvalue weighted by Gasteiger charge is -2.26. The fourth-order valence-corrected chi connectivity index (χ4v) is 5.44. The number of aliphatic hydroxyl groups excluding tert-OH is 1. The zero-order valence-electron chi connectivity index (χ0n) is 24.9. The van der Waals surface area contributed by atoms with Crippen LogP contribution in [0.15, 0.2) is 24.3 Å². The molecule has 2 atom stereocenters. The summed E-state index contributed by atoms with van der Waals surface area (Å²) in [7, 11) is 3.24. The van der Waals surface area contributed by atoms with Gasteiger partial charge in [-0.1, -0.05) is 58.9 Å². The molecule has 2 aromatic rings. The van der Waals surface area contributed by atoms with Crippen molar-refractivity contribution < 1.29 is 24.2 Å². The quantitative estimate of drug-likeness (QED) is 0.249. The van der Waals surface area contributed by atoms with Crippen molar-refractivity contribution in [3.63, 3.8) is 0 Å². The standard InChI is InChI=1S/C31H48N4O5/c1-6-24(36)19-32-29(37)17-23(16-15-22-11-8-7-9-12-22)33-31(38)25-18-26(35(34-25)20-21(2)3)30-27(39-4)13-10-14-28(30)40-5/h10,13-14,18,21-23,31,33,38H,6-9,11-12,15-17,19-20H2,1-5H3,(H,32,37)/t23-,31?/m0/s1. The Kier molecular flexibility index (Phi) is 12.5. The largest absolute Gasteiger partial charge is 0.496 e. The summed E-state index contributed by atoms with van der Waals surface area (Å²) in [5.41, 5.74) is 2.02. The van der Waals surface area contributed by atoms with Crippen LogP contribution in [0.5, 0.6) is 11.5 Å². The number of methoxy groups -OCH3 is 2. The maximum Gasteiger partial charge on any atom is 0.221 e. The molecule has 1 aliphatic carbocycles. The maximum absolute atomic E-state index is 12.7. The second kappa shape index (κ2) is 15.8. The fourth-order valence-electron chi connectivity index (χ4n) is 5.44. The number of nitrogens with one attached hydrogen (secondary N) is 2. The van der Waals surface area contributed by atoms with Gasteiger partial charge in [-0.05, 0) is 42.9 Å². The number of amides is 1. The number of hydrogen-bond acceptors (Lipinski definition) is 7. The number of Topliss-reactive ketones (excluding diaryl/α,β-unsaturated/α-hetero) is 1. The maximum atomic E-state index is 12.7. The number of nitrogens with zero attached hydrogens (tertiary/aromatic N) is 2. The van der Waals surface area contributed by atoms with Gasteiger partial charge in [-0.3, -0.25) is 19.6 Å². The first-order valence-corrected chi connectivity index (χ1v) is 14.8. The molecule has 1 unspecified atom stereocenters. The van der Waals surface area contributed by atoms with Crippen LogP contribution in [0.25, 0.3) is 11.3 Å². The van der Waals surface area contributed by atoms with E-state index in [0.717, 1.165) is 24.1 Å². The van der Waals surface area contributed by atoms with Crippen LogP contribution in [-0.4, -0.2) is 53.4 Å².